The second kappa shape index (κ2) is 14.0. The first-order valence-electron chi connectivity index (χ1n) is 12.3. The molecule has 2 unspecified atom stereocenters. The van der Waals surface area contributed by atoms with E-state index in [0.717, 1.165) is 6.92 Å². The summed E-state index contributed by atoms with van der Waals surface area (Å²) < 4.78 is 61.8. The van der Waals surface area contributed by atoms with Gasteiger partial charge in [-0.05, 0) is 38.8 Å². The molecule has 0 radical (unpaired) electrons. The molecule has 1 aromatic rings. The summed E-state index contributed by atoms with van der Waals surface area (Å²) in [5.74, 6) is -2.96. The van der Waals surface area contributed by atoms with Crippen molar-refractivity contribution in [2.24, 2.45) is 11.8 Å². The molecule has 0 aliphatic carbocycles. The highest BCUT2D eigenvalue weighted by Crippen LogP contribution is 2.49. The monoisotopic (exact) mass is 561 g/mol. The van der Waals surface area contributed by atoms with Crippen molar-refractivity contribution in [3.8, 4) is 5.75 Å². The van der Waals surface area contributed by atoms with Gasteiger partial charge in [-0.3, -0.25) is 18.9 Å². The number of alkyl halides is 1. The van der Waals surface area contributed by atoms with E-state index in [1.807, 2.05) is 0 Å². The number of rotatable bonds is 12. The van der Waals surface area contributed by atoms with Crippen molar-refractivity contribution in [2.75, 3.05) is 6.61 Å². The standard InChI is InChI=1S/C25H37FNO10P/c1-14(2)33-24(30)17(5)27-38(31,36-20-11-9-8-10-12-20)37-25-23(34-19(7)29)16(4)15(3)22(35-25)21(26)13-32-18(6)28/h8-12,14-17,21-23,25H,13H2,1-7H3,(H,27,31)/t15-,16-,17-,21-,22?,23?,25-,38+/m0/s1. The number of para-hydroxylation sites is 1. The Morgan fingerprint density at radius 2 is 1.68 bits per heavy atom. The summed E-state index contributed by atoms with van der Waals surface area (Å²) in [5.41, 5.74) is 0. The molecule has 1 aliphatic rings. The molecule has 0 saturated carbocycles. The smallest absolute Gasteiger partial charge is 0.461 e. The van der Waals surface area contributed by atoms with Crippen LogP contribution in [0.15, 0.2) is 30.3 Å². The number of esters is 3. The molecular weight excluding hydrogens is 524 g/mol. The maximum absolute atomic E-state index is 15.1. The Morgan fingerprint density at radius 3 is 2.24 bits per heavy atom. The van der Waals surface area contributed by atoms with Gasteiger partial charge in [0.25, 0.3) is 0 Å². The van der Waals surface area contributed by atoms with Crippen LogP contribution in [-0.4, -0.2) is 61.3 Å². The van der Waals surface area contributed by atoms with E-state index in [4.69, 9.17) is 28.0 Å². The first-order valence-corrected chi connectivity index (χ1v) is 13.9. The Kier molecular flexibility index (Phi) is 11.7. The van der Waals surface area contributed by atoms with Crippen LogP contribution in [0.1, 0.15) is 48.5 Å². The summed E-state index contributed by atoms with van der Waals surface area (Å²) in [5, 5.41) is 2.53. The Morgan fingerprint density at radius 1 is 1.05 bits per heavy atom. The lowest BCUT2D eigenvalue weighted by molar-refractivity contribution is -0.261. The summed E-state index contributed by atoms with van der Waals surface area (Å²) in [6.07, 6.45) is -6.04. The quantitative estimate of drug-likeness (QED) is 0.226. The lowest BCUT2D eigenvalue weighted by atomic mass is 9.82. The average Bonchev–Trinajstić information content (AvgIpc) is 2.81. The van der Waals surface area contributed by atoms with Crippen molar-refractivity contribution in [2.45, 2.75) is 85.3 Å². The third-order valence-corrected chi connectivity index (χ3v) is 7.44. The van der Waals surface area contributed by atoms with E-state index in [1.165, 1.54) is 26.0 Å². The number of hydrogen-bond donors (Lipinski definition) is 1. The molecule has 1 N–H and O–H groups in total. The number of carbonyl (C=O) groups excluding carboxylic acids is 3. The number of hydrogen-bond acceptors (Lipinski definition) is 10. The molecule has 11 nitrogen and oxygen atoms in total. The second-order valence-corrected chi connectivity index (χ2v) is 11.1. The largest absolute Gasteiger partial charge is 0.463 e. The van der Waals surface area contributed by atoms with Crippen LogP contribution in [0, 0.1) is 11.8 Å². The van der Waals surface area contributed by atoms with E-state index in [2.05, 4.69) is 5.09 Å². The predicted octanol–water partition coefficient (Wildman–Crippen LogP) is 3.95. The lowest BCUT2D eigenvalue weighted by Gasteiger charge is -2.44. The predicted molar refractivity (Wildman–Crippen MR) is 134 cm³/mol. The highest BCUT2D eigenvalue weighted by atomic mass is 31.2. The van der Waals surface area contributed by atoms with Crippen molar-refractivity contribution in [3.63, 3.8) is 0 Å². The van der Waals surface area contributed by atoms with E-state index < -0.39 is 80.9 Å². The Balaban J connectivity index is 2.39. The molecule has 1 saturated heterocycles. The third kappa shape index (κ3) is 9.34. The minimum atomic E-state index is -4.45. The molecule has 0 spiro atoms. The van der Waals surface area contributed by atoms with Crippen LogP contribution in [-0.2, 0) is 42.4 Å². The van der Waals surface area contributed by atoms with Gasteiger partial charge in [-0.15, -0.1) is 0 Å². The molecule has 0 bridgehead atoms. The van der Waals surface area contributed by atoms with Gasteiger partial charge >= 0.3 is 25.7 Å². The lowest BCUT2D eigenvalue weighted by Crippen LogP contribution is -2.55. The average molecular weight is 562 g/mol. The van der Waals surface area contributed by atoms with Crippen LogP contribution in [0.5, 0.6) is 5.75 Å². The van der Waals surface area contributed by atoms with Crippen LogP contribution in [0.25, 0.3) is 0 Å². The summed E-state index contributed by atoms with van der Waals surface area (Å²) in [4.78, 5) is 35.5. The minimum absolute atomic E-state index is 0.142. The van der Waals surface area contributed by atoms with Gasteiger partial charge in [0.05, 0.1) is 12.2 Å². The minimum Gasteiger partial charge on any atom is -0.463 e. The molecule has 0 aromatic heterocycles. The Bertz CT molecular complexity index is 994. The molecule has 8 atom stereocenters. The van der Waals surface area contributed by atoms with Crippen LogP contribution in [0.4, 0.5) is 4.39 Å². The highest BCUT2D eigenvalue weighted by Gasteiger charge is 2.50. The van der Waals surface area contributed by atoms with Gasteiger partial charge in [0.1, 0.15) is 18.4 Å². The fourth-order valence-electron chi connectivity index (χ4n) is 3.81. The van der Waals surface area contributed by atoms with E-state index in [1.54, 1.807) is 45.9 Å². The summed E-state index contributed by atoms with van der Waals surface area (Å²) >= 11 is 0. The Labute approximate surface area is 222 Å². The van der Waals surface area contributed by atoms with Crippen LogP contribution in [0.3, 0.4) is 0 Å². The van der Waals surface area contributed by atoms with Gasteiger partial charge in [0, 0.05) is 19.8 Å². The number of carbonyl (C=O) groups is 3. The van der Waals surface area contributed by atoms with E-state index >= 15 is 4.39 Å². The molecule has 1 heterocycles. The number of ether oxygens (including phenoxy) is 4. The molecule has 13 heteroatoms. The van der Waals surface area contributed by atoms with Crippen LogP contribution in [0.2, 0.25) is 0 Å². The first-order chi connectivity index (χ1) is 17.7. The second-order valence-electron chi connectivity index (χ2n) is 9.42. The molecule has 1 aliphatic heterocycles. The SMILES string of the molecule is CC(=O)OC[C@H](F)C1O[C@@H](O[P@@](=O)(N[C@@H](C)C(=O)OC(C)C)Oc2ccccc2)C(OC(C)=O)[C@@H](C)[C@@H]1C. The first kappa shape index (κ1) is 31.7. The fourth-order valence-corrected chi connectivity index (χ4v) is 5.39. The molecule has 1 fully saturated rings. The van der Waals surface area contributed by atoms with Crippen LogP contribution < -0.4 is 9.61 Å². The van der Waals surface area contributed by atoms with Crippen molar-refractivity contribution < 1.29 is 51.3 Å². The van der Waals surface area contributed by atoms with Crippen molar-refractivity contribution in [1.82, 2.24) is 5.09 Å². The number of nitrogens with one attached hydrogen (secondary N) is 1. The van der Waals surface area contributed by atoms with E-state index in [0.29, 0.717) is 0 Å². The van der Waals surface area contributed by atoms with Gasteiger partial charge in [-0.1, -0.05) is 32.0 Å². The van der Waals surface area contributed by atoms with Crippen LogP contribution >= 0.6 is 7.75 Å². The van der Waals surface area contributed by atoms with Crippen molar-refractivity contribution in [1.29, 1.82) is 0 Å². The van der Waals surface area contributed by atoms with Crippen molar-refractivity contribution >= 4 is 25.7 Å². The summed E-state index contributed by atoms with van der Waals surface area (Å²) in [7, 11) is -4.45. The van der Waals surface area contributed by atoms with Gasteiger partial charge in [0.2, 0.25) is 6.29 Å². The van der Waals surface area contributed by atoms with Gasteiger partial charge < -0.3 is 23.5 Å². The van der Waals surface area contributed by atoms with Gasteiger partial charge in [-0.25, -0.2) is 8.96 Å². The van der Waals surface area contributed by atoms with E-state index in [-0.39, 0.29) is 5.75 Å². The maximum atomic E-state index is 15.1. The molecule has 214 valence electrons. The number of benzene rings is 1. The fraction of sp³-hybridized carbons (Fsp3) is 0.640. The molecular formula is C25H37FNO10P. The highest BCUT2D eigenvalue weighted by molar-refractivity contribution is 7.52. The maximum Gasteiger partial charge on any atom is 0.461 e. The summed E-state index contributed by atoms with van der Waals surface area (Å²) in [6, 6.07) is 6.88. The zero-order valence-corrected chi connectivity index (χ0v) is 23.5. The van der Waals surface area contributed by atoms with Gasteiger partial charge in [0.15, 0.2) is 12.3 Å². The topological polar surface area (TPSA) is 136 Å². The molecule has 38 heavy (non-hydrogen) atoms. The van der Waals surface area contributed by atoms with Crippen molar-refractivity contribution in [3.05, 3.63) is 30.3 Å². The normalized spacial score (nSPS) is 26.5. The van der Waals surface area contributed by atoms with Gasteiger partial charge in [-0.2, -0.15) is 5.09 Å². The number of halogens is 1. The Hall–Kier alpha value is -2.53. The molecule has 0 amide bonds. The van der Waals surface area contributed by atoms with E-state index in [9.17, 15) is 18.9 Å². The summed E-state index contributed by atoms with van der Waals surface area (Å²) in [6.45, 7) is 9.87. The molecule has 2 rings (SSSR count). The third-order valence-electron chi connectivity index (χ3n) is 5.80. The molecule has 1 aromatic carbocycles. The zero-order valence-electron chi connectivity index (χ0n) is 22.6. The zero-order chi connectivity index (χ0) is 28.6.